The number of nitrogens with one attached hydrogen (secondary N) is 1. The van der Waals surface area contributed by atoms with Gasteiger partial charge in [-0.3, -0.25) is 10.7 Å². The number of nitrogens with zero attached hydrogens (tertiary/aromatic N) is 3. The summed E-state index contributed by atoms with van der Waals surface area (Å²) in [5.41, 5.74) is 2.68. The van der Waals surface area contributed by atoms with Crippen molar-refractivity contribution in [3.63, 3.8) is 0 Å². The molecule has 1 aromatic rings. The lowest BCUT2D eigenvalue weighted by Gasteiger charge is -2.03. The van der Waals surface area contributed by atoms with E-state index in [9.17, 15) is 0 Å². The lowest BCUT2D eigenvalue weighted by molar-refractivity contribution is 0.234. The number of hydrogen-bond acceptors (Lipinski definition) is 4. The first-order chi connectivity index (χ1) is 7.17. The van der Waals surface area contributed by atoms with Crippen molar-refractivity contribution in [2.45, 2.75) is 26.7 Å². The van der Waals surface area contributed by atoms with Crippen LogP contribution in [-0.2, 0) is 6.42 Å². The summed E-state index contributed by atoms with van der Waals surface area (Å²) >= 11 is 5.74. The number of aromatic nitrogens is 2. The summed E-state index contributed by atoms with van der Waals surface area (Å²) in [5.74, 6) is 0.851. The van der Waals surface area contributed by atoms with Gasteiger partial charge in [-0.25, -0.2) is 15.0 Å². The van der Waals surface area contributed by atoms with E-state index < -0.39 is 0 Å². The maximum Gasteiger partial charge on any atom is 0.175 e. The standard InChI is InChI=1S/C9H13ClN4O/c1-3-4-7-9(12-6(2)14-15)11-5-8(10)13-7/h5,15H,3-4H2,1-2H3,(H,11,12,14). The molecule has 0 aliphatic heterocycles. The zero-order chi connectivity index (χ0) is 11.3. The monoisotopic (exact) mass is 228 g/mol. The topological polar surface area (TPSA) is 70.4 Å². The molecule has 0 unspecified atom stereocenters. The molecule has 0 saturated heterocycles. The van der Waals surface area contributed by atoms with E-state index in [2.05, 4.69) is 15.0 Å². The normalized spacial score (nSPS) is 11.6. The van der Waals surface area contributed by atoms with E-state index in [0.717, 1.165) is 18.5 Å². The highest BCUT2D eigenvalue weighted by atomic mass is 35.5. The molecule has 0 atom stereocenters. The number of amidine groups is 1. The molecule has 82 valence electrons. The van der Waals surface area contributed by atoms with Gasteiger partial charge in [0, 0.05) is 0 Å². The maximum absolute atomic E-state index is 8.62. The van der Waals surface area contributed by atoms with Gasteiger partial charge in [0.25, 0.3) is 0 Å². The molecule has 5 nitrogen and oxygen atoms in total. The second-order valence-electron chi connectivity index (χ2n) is 3.02. The van der Waals surface area contributed by atoms with Crippen LogP contribution in [0.4, 0.5) is 5.82 Å². The van der Waals surface area contributed by atoms with Gasteiger partial charge in [-0.1, -0.05) is 24.9 Å². The van der Waals surface area contributed by atoms with Crippen molar-refractivity contribution in [2.75, 3.05) is 0 Å². The highest BCUT2D eigenvalue weighted by molar-refractivity contribution is 6.29. The van der Waals surface area contributed by atoms with Gasteiger partial charge in [0.2, 0.25) is 0 Å². The molecule has 0 aromatic carbocycles. The van der Waals surface area contributed by atoms with Crippen LogP contribution in [0.3, 0.4) is 0 Å². The van der Waals surface area contributed by atoms with Crippen LogP contribution in [0.15, 0.2) is 11.2 Å². The van der Waals surface area contributed by atoms with Crippen molar-refractivity contribution in [2.24, 2.45) is 4.99 Å². The molecule has 0 bridgehead atoms. The van der Waals surface area contributed by atoms with Crippen molar-refractivity contribution < 1.29 is 5.21 Å². The highest BCUT2D eigenvalue weighted by Crippen LogP contribution is 2.17. The van der Waals surface area contributed by atoms with Gasteiger partial charge >= 0.3 is 0 Å². The molecule has 15 heavy (non-hydrogen) atoms. The van der Waals surface area contributed by atoms with Crippen molar-refractivity contribution in [3.8, 4) is 0 Å². The van der Waals surface area contributed by atoms with E-state index in [1.807, 2.05) is 12.4 Å². The molecule has 1 aromatic heterocycles. The summed E-state index contributed by atoms with van der Waals surface area (Å²) in [6, 6.07) is 0. The van der Waals surface area contributed by atoms with Gasteiger partial charge in [-0.2, -0.15) is 0 Å². The summed E-state index contributed by atoms with van der Waals surface area (Å²) in [4.78, 5) is 12.2. The van der Waals surface area contributed by atoms with Crippen molar-refractivity contribution in [1.82, 2.24) is 15.4 Å². The summed E-state index contributed by atoms with van der Waals surface area (Å²) < 4.78 is 0. The van der Waals surface area contributed by atoms with Gasteiger partial charge in [-0.15, -0.1) is 0 Å². The Balaban J connectivity index is 3.05. The van der Waals surface area contributed by atoms with Gasteiger partial charge in [0.05, 0.1) is 11.9 Å². The summed E-state index contributed by atoms with van der Waals surface area (Å²) in [6.45, 7) is 3.67. The second-order valence-corrected chi connectivity index (χ2v) is 3.41. The summed E-state index contributed by atoms with van der Waals surface area (Å²) in [5, 5.41) is 8.97. The molecular formula is C9H13ClN4O. The Morgan fingerprint density at radius 2 is 2.40 bits per heavy atom. The fourth-order valence-electron chi connectivity index (χ4n) is 1.08. The summed E-state index contributed by atoms with van der Waals surface area (Å²) in [7, 11) is 0. The van der Waals surface area contributed by atoms with Crippen LogP contribution < -0.4 is 5.48 Å². The Kier molecular flexibility index (Phi) is 4.45. The van der Waals surface area contributed by atoms with Gasteiger partial charge < -0.3 is 0 Å². The van der Waals surface area contributed by atoms with Crippen LogP contribution in [0.5, 0.6) is 0 Å². The Labute approximate surface area is 93.2 Å². The van der Waals surface area contributed by atoms with Crippen LogP contribution in [0.1, 0.15) is 26.0 Å². The predicted molar refractivity (Wildman–Crippen MR) is 58.7 cm³/mol. The molecule has 0 fully saturated rings. The van der Waals surface area contributed by atoms with Crippen molar-refractivity contribution in [3.05, 3.63) is 17.0 Å². The minimum Gasteiger partial charge on any atom is -0.290 e. The first kappa shape index (κ1) is 11.9. The molecule has 1 rings (SSSR count). The molecule has 0 radical (unpaired) electrons. The third-order valence-electron chi connectivity index (χ3n) is 1.72. The number of hydroxylamine groups is 1. The Bertz CT molecular complexity index is 367. The first-order valence-corrected chi connectivity index (χ1v) is 5.02. The average molecular weight is 229 g/mol. The molecule has 6 heteroatoms. The largest absolute Gasteiger partial charge is 0.290 e. The third kappa shape index (κ3) is 3.45. The van der Waals surface area contributed by atoms with Gasteiger partial charge in [0.15, 0.2) is 5.82 Å². The van der Waals surface area contributed by atoms with Gasteiger partial charge in [-0.05, 0) is 13.3 Å². The molecule has 0 spiro atoms. The number of aliphatic imine (C=N–C) groups is 1. The number of halogens is 1. The lowest BCUT2D eigenvalue weighted by atomic mass is 10.2. The minimum absolute atomic E-state index is 0.354. The average Bonchev–Trinajstić information content (AvgIpc) is 2.22. The lowest BCUT2D eigenvalue weighted by Crippen LogP contribution is -2.14. The van der Waals surface area contributed by atoms with E-state index in [4.69, 9.17) is 16.8 Å². The predicted octanol–water partition coefficient (Wildman–Crippen LogP) is 2.11. The van der Waals surface area contributed by atoms with Gasteiger partial charge in [0.1, 0.15) is 11.0 Å². The van der Waals surface area contributed by atoms with Crippen molar-refractivity contribution in [1.29, 1.82) is 0 Å². The molecule has 0 saturated carbocycles. The van der Waals surface area contributed by atoms with Crippen molar-refractivity contribution >= 4 is 23.3 Å². The smallest absolute Gasteiger partial charge is 0.175 e. The van der Waals surface area contributed by atoms with E-state index in [1.54, 1.807) is 6.92 Å². The number of hydrogen-bond donors (Lipinski definition) is 2. The Hall–Kier alpha value is -1.20. The Morgan fingerprint density at radius 3 is 3.00 bits per heavy atom. The summed E-state index contributed by atoms with van der Waals surface area (Å²) in [6.07, 6.45) is 3.12. The van der Waals surface area contributed by atoms with Crippen LogP contribution in [0.25, 0.3) is 0 Å². The molecule has 1 heterocycles. The first-order valence-electron chi connectivity index (χ1n) is 4.64. The number of aryl methyl sites for hydroxylation is 1. The molecule has 2 N–H and O–H groups in total. The molecule has 0 aliphatic carbocycles. The minimum atomic E-state index is 0.354. The third-order valence-corrected chi connectivity index (χ3v) is 1.90. The number of rotatable bonds is 3. The van der Waals surface area contributed by atoms with Crippen LogP contribution in [0.2, 0.25) is 5.15 Å². The molecular weight excluding hydrogens is 216 g/mol. The Morgan fingerprint density at radius 1 is 1.67 bits per heavy atom. The SMILES string of the molecule is CCCc1nc(Cl)cnc1/N=C(\C)NO. The zero-order valence-corrected chi connectivity index (χ0v) is 9.41. The maximum atomic E-state index is 8.62. The van der Waals surface area contributed by atoms with Crippen LogP contribution in [0, 0.1) is 0 Å². The van der Waals surface area contributed by atoms with E-state index in [0.29, 0.717) is 16.8 Å². The zero-order valence-electron chi connectivity index (χ0n) is 8.66. The highest BCUT2D eigenvalue weighted by Gasteiger charge is 2.05. The van der Waals surface area contributed by atoms with Crippen LogP contribution >= 0.6 is 11.6 Å². The van der Waals surface area contributed by atoms with Crippen LogP contribution in [-0.4, -0.2) is 21.0 Å². The van der Waals surface area contributed by atoms with E-state index in [1.165, 1.54) is 6.20 Å². The molecule has 0 amide bonds. The quantitative estimate of drug-likeness (QED) is 0.472. The second kappa shape index (κ2) is 5.63. The van der Waals surface area contributed by atoms with E-state index >= 15 is 0 Å². The fraction of sp³-hybridized carbons (Fsp3) is 0.444. The molecule has 0 aliphatic rings. The fourth-order valence-corrected chi connectivity index (χ4v) is 1.23. The van der Waals surface area contributed by atoms with E-state index in [-0.39, 0.29) is 0 Å².